The van der Waals surface area contributed by atoms with Gasteiger partial charge >= 0.3 is 0 Å². The molecule has 0 amide bonds. The molecule has 1 aromatic carbocycles. The van der Waals surface area contributed by atoms with E-state index >= 15 is 0 Å². The molecule has 1 heterocycles. The molecule has 0 saturated heterocycles. The number of hydrogen-bond donors (Lipinski definition) is 0. The first-order valence-electron chi connectivity index (χ1n) is 5.98. The van der Waals surface area contributed by atoms with Crippen molar-refractivity contribution in [2.24, 2.45) is 0 Å². The summed E-state index contributed by atoms with van der Waals surface area (Å²) in [6, 6.07) is 7.41. The predicted molar refractivity (Wildman–Crippen MR) is 77.1 cm³/mol. The quantitative estimate of drug-likeness (QED) is 0.628. The average molecular weight is 301 g/mol. The molecular formula is C15H15ClF2S. The van der Waals surface area contributed by atoms with E-state index in [-0.39, 0.29) is 5.41 Å². The second-order valence-electron chi connectivity index (χ2n) is 5.48. The van der Waals surface area contributed by atoms with Crippen molar-refractivity contribution >= 4 is 22.9 Å². The molecule has 0 aliphatic rings. The maximum Gasteiger partial charge on any atom is 0.131 e. The highest BCUT2D eigenvalue weighted by atomic mass is 35.5. The van der Waals surface area contributed by atoms with Crippen LogP contribution < -0.4 is 0 Å². The normalized spacial score (nSPS) is 13.6. The number of hydrogen-bond acceptors (Lipinski definition) is 1. The van der Waals surface area contributed by atoms with Gasteiger partial charge in [-0.05, 0) is 23.6 Å². The third-order valence-electron chi connectivity index (χ3n) is 2.85. The van der Waals surface area contributed by atoms with E-state index in [1.165, 1.54) is 17.0 Å². The first kappa shape index (κ1) is 14.5. The summed E-state index contributed by atoms with van der Waals surface area (Å²) in [5.74, 6) is -1.20. The van der Waals surface area contributed by atoms with Gasteiger partial charge in [-0.1, -0.05) is 26.8 Å². The van der Waals surface area contributed by atoms with Crippen molar-refractivity contribution < 1.29 is 8.78 Å². The number of thiophene rings is 1. The Balaban J connectivity index is 2.34. The molecule has 0 spiro atoms. The van der Waals surface area contributed by atoms with Crippen molar-refractivity contribution in [1.82, 2.24) is 0 Å². The molecular weight excluding hydrogens is 286 g/mol. The van der Waals surface area contributed by atoms with Gasteiger partial charge in [0.05, 0.1) is 5.38 Å². The number of rotatable bonds is 2. The van der Waals surface area contributed by atoms with Crippen molar-refractivity contribution in [3.63, 3.8) is 0 Å². The van der Waals surface area contributed by atoms with Crippen LogP contribution >= 0.6 is 22.9 Å². The molecule has 0 bridgehead atoms. The van der Waals surface area contributed by atoms with Gasteiger partial charge in [-0.25, -0.2) is 8.78 Å². The lowest BCUT2D eigenvalue weighted by atomic mass is 9.95. The van der Waals surface area contributed by atoms with Gasteiger partial charge in [0.1, 0.15) is 11.6 Å². The molecule has 0 nitrogen and oxygen atoms in total. The Morgan fingerprint density at radius 3 is 2.32 bits per heavy atom. The van der Waals surface area contributed by atoms with E-state index in [0.29, 0.717) is 5.56 Å². The Hall–Kier alpha value is -0.930. The molecule has 1 unspecified atom stereocenters. The van der Waals surface area contributed by atoms with Crippen LogP contribution in [0.1, 0.15) is 41.5 Å². The number of halogens is 3. The molecule has 0 fully saturated rings. The summed E-state index contributed by atoms with van der Waals surface area (Å²) < 4.78 is 26.6. The lowest BCUT2D eigenvalue weighted by molar-refractivity contribution is 0.574. The summed E-state index contributed by atoms with van der Waals surface area (Å²) in [7, 11) is 0. The summed E-state index contributed by atoms with van der Waals surface area (Å²) in [4.78, 5) is 2.06. The highest BCUT2D eigenvalue weighted by Crippen LogP contribution is 2.38. The molecule has 0 aliphatic carbocycles. The molecule has 0 aliphatic heterocycles. The SMILES string of the molecule is CC(C)(C)c1ccc(C(Cl)c2ccc(F)cc2F)s1. The van der Waals surface area contributed by atoms with Gasteiger partial charge in [0.25, 0.3) is 0 Å². The summed E-state index contributed by atoms with van der Waals surface area (Å²) in [6.07, 6.45) is 0. The van der Waals surface area contributed by atoms with Crippen molar-refractivity contribution in [2.75, 3.05) is 0 Å². The van der Waals surface area contributed by atoms with Gasteiger partial charge in [-0.3, -0.25) is 0 Å². The standard InChI is InChI=1S/C15H15ClF2S/c1-15(2,3)13-7-6-12(19-13)14(16)10-5-4-9(17)8-11(10)18/h4-8,14H,1-3H3. The Kier molecular flexibility index (Phi) is 3.98. The Morgan fingerprint density at radius 2 is 1.79 bits per heavy atom. The molecule has 0 saturated carbocycles. The zero-order valence-corrected chi connectivity index (χ0v) is 12.6. The summed E-state index contributed by atoms with van der Waals surface area (Å²) in [5.41, 5.74) is 0.353. The van der Waals surface area contributed by atoms with E-state index in [4.69, 9.17) is 11.6 Å². The van der Waals surface area contributed by atoms with Crippen molar-refractivity contribution in [2.45, 2.75) is 31.6 Å². The second-order valence-corrected chi connectivity index (χ2v) is 7.03. The van der Waals surface area contributed by atoms with E-state index in [1.54, 1.807) is 11.3 Å². The van der Waals surface area contributed by atoms with Crippen molar-refractivity contribution in [3.05, 3.63) is 57.3 Å². The van der Waals surface area contributed by atoms with Crippen LogP contribution in [-0.2, 0) is 5.41 Å². The molecule has 19 heavy (non-hydrogen) atoms. The molecule has 4 heteroatoms. The smallest absolute Gasteiger partial charge is 0.131 e. The highest BCUT2D eigenvalue weighted by molar-refractivity contribution is 7.12. The van der Waals surface area contributed by atoms with E-state index in [1.807, 2.05) is 12.1 Å². The average Bonchev–Trinajstić information content (AvgIpc) is 2.76. The van der Waals surface area contributed by atoms with Crippen LogP contribution in [0.3, 0.4) is 0 Å². The van der Waals surface area contributed by atoms with Gasteiger partial charge in [-0.2, -0.15) is 0 Å². The third-order valence-corrected chi connectivity index (χ3v) is 5.03. The van der Waals surface area contributed by atoms with Crippen molar-refractivity contribution in [1.29, 1.82) is 0 Å². The van der Waals surface area contributed by atoms with Crippen molar-refractivity contribution in [3.8, 4) is 0 Å². The molecule has 0 radical (unpaired) electrons. The third kappa shape index (κ3) is 3.15. The van der Waals surface area contributed by atoms with E-state index in [2.05, 4.69) is 20.8 Å². The number of alkyl halides is 1. The van der Waals surface area contributed by atoms with E-state index in [9.17, 15) is 8.78 Å². The first-order valence-corrected chi connectivity index (χ1v) is 7.23. The van der Waals surface area contributed by atoms with Crippen LogP contribution in [-0.4, -0.2) is 0 Å². The summed E-state index contributed by atoms with van der Waals surface area (Å²) in [5, 5.41) is -0.582. The van der Waals surface area contributed by atoms with Crippen LogP contribution in [0.2, 0.25) is 0 Å². The topological polar surface area (TPSA) is 0 Å². The van der Waals surface area contributed by atoms with Crippen LogP contribution in [0.15, 0.2) is 30.3 Å². The molecule has 102 valence electrons. The van der Waals surface area contributed by atoms with Crippen LogP contribution in [0.5, 0.6) is 0 Å². The van der Waals surface area contributed by atoms with Gasteiger partial charge in [0, 0.05) is 21.4 Å². The van der Waals surface area contributed by atoms with E-state index in [0.717, 1.165) is 10.9 Å². The molecule has 1 atom stereocenters. The second kappa shape index (κ2) is 5.22. The fraction of sp³-hybridized carbons (Fsp3) is 0.333. The molecule has 1 aromatic heterocycles. The molecule has 2 rings (SSSR count). The van der Waals surface area contributed by atoms with Gasteiger partial charge in [0.15, 0.2) is 0 Å². The number of benzene rings is 1. The molecule has 2 aromatic rings. The van der Waals surface area contributed by atoms with Gasteiger partial charge in [-0.15, -0.1) is 22.9 Å². The Morgan fingerprint density at radius 1 is 1.11 bits per heavy atom. The monoisotopic (exact) mass is 300 g/mol. The summed E-state index contributed by atoms with van der Waals surface area (Å²) >= 11 is 7.86. The largest absolute Gasteiger partial charge is 0.207 e. The lowest BCUT2D eigenvalue weighted by Crippen LogP contribution is -2.07. The van der Waals surface area contributed by atoms with Crippen LogP contribution in [0.4, 0.5) is 8.78 Å². The zero-order valence-electron chi connectivity index (χ0n) is 11.0. The maximum atomic E-state index is 13.7. The predicted octanol–water partition coefficient (Wildman–Crippen LogP) is 5.65. The van der Waals surface area contributed by atoms with Gasteiger partial charge in [0.2, 0.25) is 0 Å². The fourth-order valence-corrected chi connectivity index (χ4v) is 3.20. The lowest BCUT2D eigenvalue weighted by Gasteiger charge is -2.15. The Bertz CT molecular complexity index is 584. The molecule has 0 N–H and O–H groups in total. The first-order chi connectivity index (χ1) is 8.79. The zero-order chi connectivity index (χ0) is 14.2. The van der Waals surface area contributed by atoms with Crippen LogP contribution in [0.25, 0.3) is 0 Å². The minimum atomic E-state index is -0.606. The summed E-state index contributed by atoms with van der Waals surface area (Å²) in [6.45, 7) is 6.35. The minimum Gasteiger partial charge on any atom is -0.207 e. The Labute approximate surface area is 121 Å². The fourth-order valence-electron chi connectivity index (χ4n) is 1.75. The minimum absolute atomic E-state index is 0.0425. The van der Waals surface area contributed by atoms with Crippen LogP contribution in [0, 0.1) is 11.6 Å². The van der Waals surface area contributed by atoms with Gasteiger partial charge < -0.3 is 0 Å². The highest BCUT2D eigenvalue weighted by Gasteiger charge is 2.21. The maximum absolute atomic E-state index is 13.7. The van der Waals surface area contributed by atoms with E-state index < -0.39 is 17.0 Å².